The summed E-state index contributed by atoms with van der Waals surface area (Å²) in [5, 5.41) is 9.56. The molecule has 70 valence electrons. The second kappa shape index (κ2) is 5.49. The van der Waals surface area contributed by atoms with Gasteiger partial charge in [-0.2, -0.15) is 11.8 Å². The van der Waals surface area contributed by atoms with Crippen molar-refractivity contribution in [2.45, 2.75) is 25.9 Å². The smallest absolute Gasteiger partial charge is 0.121 e. The molecule has 1 unspecified atom stereocenters. The molecule has 0 radical (unpaired) electrons. The molecule has 0 aliphatic carbocycles. The molecule has 0 bridgehead atoms. The highest BCUT2D eigenvalue weighted by Gasteiger charge is 2.15. The van der Waals surface area contributed by atoms with E-state index in [0.29, 0.717) is 0 Å². The van der Waals surface area contributed by atoms with Crippen LogP contribution in [-0.4, -0.2) is 29.3 Å². The van der Waals surface area contributed by atoms with E-state index in [1.807, 2.05) is 6.08 Å². The minimum absolute atomic E-state index is 0.385. The summed E-state index contributed by atoms with van der Waals surface area (Å²) in [5.74, 6) is 2.66. The molecule has 0 amide bonds. The summed E-state index contributed by atoms with van der Waals surface area (Å²) in [5.41, 5.74) is 0. The normalized spacial score (nSPS) is 18.7. The zero-order valence-corrected chi connectivity index (χ0v) is 8.27. The zero-order valence-electron chi connectivity index (χ0n) is 7.45. The van der Waals surface area contributed by atoms with E-state index < -0.39 is 0 Å². The average molecular weight is 188 g/mol. The minimum Gasteiger partial charge on any atom is -0.495 e. The molecule has 0 aromatic rings. The third kappa shape index (κ3) is 3.07. The molecule has 0 aromatic heterocycles. The lowest BCUT2D eigenvalue weighted by molar-refractivity contribution is 0.133. The second-order valence-electron chi connectivity index (χ2n) is 2.83. The van der Waals surface area contributed by atoms with E-state index in [1.165, 1.54) is 0 Å². The molecule has 12 heavy (non-hydrogen) atoms. The number of aliphatic hydroxyl groups excluding tert-OH is 1. The first kappa shape index (κ1) is 9.93. The van der Waals surface area contributed by atoms with Gasteiger partial charge in [0, 0.05) is 12.2 Å². The van der Waals surface area contributed by atoms with Crippen molar-refractivity contribution in [2.75, 3.05) is 18.1 Å². The Morgan fingerprint density at radius 3 is 3.17 bits per heavy atom. The Hall–Kier alpha value is -0.150. The fourth-order valence-corrected chi connectivity index (χ4v) is 1.93. The van der Waals surface area contributed by atoms with E-state index in [-0.39, 0.29) is 6.10 Å². The van der Waals surface area contributed by atoms with Gasteiger partial charge in [0.15, 0.2) is 0 Å². The van der Waals surface area contributed by atoms with Crippen molar-refractivity contribution in [3.8, 4) is 0 Å². The molecule has 0 saturated heterocycles. The second-order valence-corrected chi connectivity index (χ2v) is 3.98. The van der Waals surface area contributed by atoms with Crippen LogP contribution in [-0.2, 0) is 4.74 Å². The van der Waals surface area contributed by atoms with Gasteiger partial charge in [-0.3, -0.25) is 0 Å². The van der Waals surface area contributed by atoms with Crippen molar-refractivity contribution in [3.63, 3.8) is 0 Å². The van der Waals surface area contributed by atoms with Crippen LogP contribution in [0.3, 0.4) is 0 Å². The minimum atomic E-state index is -0.385. The number of rotatable bonds is 5. The predicted molar refractivity (Wildman–Crippen MR) is 52.3 cm³/mol. The SMILES string of the molecule is CCCSCC(O)C1=CCCO1. The zero-order chi connectivity index (χ0) is 8.81. The van der Waals surface area contributed by atoms with Crippen LogP contribution in [0.4, 0.5) is 0 Å². The van der Waals surface area contributed by atoms with Gasteiger partial charge in [-0.05, 0) is 18.2 Å². The number of hydrogen-bond donors (Lipinski definition) is 1. The Kier molecular flexibility index (Phi) is 4.54. The van der Waals surface area contributed by atoms with Gasteiger partial charge >= 0.3 is 0 Å². The number of aliphatic hydroxyl groups is 1. The van der Waals surface area contributed by atoms with Gasteiger partial charge in [-0.15, -0.1) is 0 Å². The van der Waals surface area contributed by atoms with Gasteiger partial charge in [-0.1, -0.05) is 6.92 Å². The molecule has 3 heteroatoms. The number of ether oxygens (including phenoxy) is 1. The number of hydrogen-bond acceptors (Lipinski definition) is 3. The number of thioether (sulfide) groups is 1. The van der Waals surface area contributed by atoms with E-state index in [9.17, 15) is 5.11 Å². The standard InChI is InChI=1S/C9H16O2S/c1-2-6-12-7-8(10)9-4-3-5-11-9/h4,8,10H,2-3,5-7H2,1H3. The Morgan fingerprint density at radius 2 is 2.58 bits per heavy atom. The topological polar surface area (TPSA) is 29.5 Å². The highest BCUT2D eigenvalue weighted by molar-refractivity contribution is 7.99. The Labute approximate surface area is 78.0 Å². The van der Waals surface area contributed by atoms with Crippen LogP contribution >= 0.6 is 11.8 Å². The quantitative estimate of drug-likeness (QED) is 0.667. The molecule has 1 aliphatic heterocycles. The monoisotopic (exact) mass is 188 g/mol. The van der Waals surface area contributed by atoms with Crippen molar-refractivity contribution in [2.24, 2.45) is 0 Å². The first-order chi connectivity index (χ1) is 5.84. The fraction of sp³-hybridized carbons (Fsp3) is 0.778. The van der Waals surface area contributed by atoms with Crippen LogP contribution < -0.4 is 0 Å². The Bertz CT molecular complexity index is 157. The van der Waals surface area contributed by atoms with Gasteiger partial charge in [0.1, 0.15) is 11.9 Å². The first-order valence-electron chi connectivity index (χ1n) is 4.43. The van der Waals surface area contributed by atoms with E-state index in [2.05, 4.69) is 6.92 Å². The highest BCUT2D eigenvalue weighted by Crippen LogP contribution is 2.17. The molecule has 0 spiro atoms. The van der Waals surface area contributed by atoms with Crippen LogP contribution in [0.2, 0.25) is 0 Å². The molecule has 1 rings (SSSR count). The molecule has 0 saturated carbocycles. The summed E-state index contributed by atoms with van der Waals surface area (Å²) < 4.78 is 5.24. The van der Waals surface area contributed by atoms with Gasteiger partial charge < -0.3 is 9.84 Å². The summed E-state index contributed by atoms with van der Waals surface area (Å²) in [6, 6.07) is 0. The molecule has 1 heterocycles. The third-order valence-corrected chi connectivity index (χ3v) is 2.93. The lowest BCUT2D eigenvalue weighted by atomic mass is 10.3. The molecule has 1 N–H and O–H groups in total. The van der Waals surface area contributed by atoms with Crippen LogP contribution in [0.25, 0.3) is 0 Å². The van der Waals surface area contributed by atoms with Crippen molar-refractivity contribution in [1.29, 1.82) is 0 Å². The van der Waals surface area contributed by atoms with Crippen molar-refractivity contribution in [3.05, 3.63) is 11.8 Å². The van der Waals surface area contributed by atoms with Gasteiger partial charge in [0.25, 0.3) is 0 Å². The summed E-state index contributed by atoms with van der Waals surface area (Å²) in [7, 11) is 0. The summed E-state index contributed by atoms with van der Waals surface area (Å²) in [4.78, 5) is 0. The molecule has 1 atom stereocenters. The van der Waals surface area contributed by atoms with E-state index in [1.54, 1.807) is 11.8 Å². The van der Waals surface area contributed by atoms with Crippen LogP contribution in [0.15, 0.2) is 11.8 Å². The van der Waals surface area contributed by atoms with Crippen molar-refractivity contribution >= 4 is 11.8 Å². The van der Waals surface area contributed by atoms with Crippen LogP contribution in [0.5, 0.6) is 0 Å². The maximum absolute atomic E-state index is 9.56. The van der Waals surface area contributed by atoms with Crippen LogP contribution in [0, 0.1) is 0 Å². The largest absolute Gasteiger partial charge is 0.495 e. The average Bonchev–Trinajstić information content (AvgIpc) is 2.56. The predicted octanol–water partition coefficient (Wildman–Crippen LogP) is 1.79. The molecule has 0 aromatic carbocycles. The van der Waals surface area contributed by atoms with Gasteiger partial charge in [0.2, 0.25) is 0 Å². The first-order valence-corrected chi connectivity index (χ1v) is 5.58. The molecular formula is C9H16O2S. The third-order valence-electron chi connectivity index (χ3n) is 1.68. The van der Waals surface area contributed by atoms with Crippen molar-refractivity contribution in [1.82, 2.24) is 0 Å². The summed E-state index contributed by atoms with van der Waals surface area (Å²) in [6.45, 7) is 2.88. The maximum atomic E-state index is 9.56. The molecule has 2 nitrogen and oxygen atoms in total. The maximum Gasteiger partial charge on any atom is 0.121 e. The van der Waals surface area contributed by atoms with E-state index in [4.69, 9.17) is 4.74 Å². The van der Waals surface area contributed by atoms with Gasteiger partial charge in [-0.25, -0.2) is 0 Å². The lowest BCUT2D eigenvalue weighted by Crippen LogP contribution is -2.14. The molecular weight excluding hydrogens is 172 g/mol. The van der Waals surface area contributed by atoms with Gasteiger partial charge in [0.05, 0.1) is 6.61 Å². The Morgan fingerprint density at radius 1 is 1.75 bits per heavy atom. The molecule has 1 aliphatic rings. The van der Waals surface area contributed by atoms with Crippen molar-refractivity contribution < 1.29 is 9.84 Å². The lowest BCUT2D eigenvalue weighted by Gasteiger charge is -2.10. The van der Waals surface area contributed by atoms with Crippen LogP contribution in [0.1, 0.15) is 19.8 Å². The summed E-state index contributed by atoms with van der Waals surface area (Å²) >= 11 is 1.78. The molecule has 0 fully saturated rings. The summed E-state index contributed by atoms with van der Waals surface area (Å²) in [6.07, 6.45) is 3.71. The van der Waals surface area contributed by atoms with E-state index in [0.717, 1.165) is 36.7 Å². The Balaban J connectivity index is 2.14. The van der Waals surface area contributed by atoms with E-state index >= 15 is 0 Å². The highest BCUT2D eigenvalue weighted by atomic mass is 32.2. The fourth-order valence-electron chi connectivity index (χ4n) is 1.09.